The molecule has 0 saturated heterocycles. The molecule has 1 heterocycles. The molecule has 0 aliphatic carbocycles. The van der Waals surface area contributed by atoms with Gasteiger partial charge in [0.2, 0.25) is 5.88 Å². The number of rotatable bonds is 4. The van der Waals surface area contributed by atoms with Gasteiger partial charge in [-0.2, -0.15) is 5.10 Å². The number of methoxy groups -OCH3 is 1. The maximum absolute atomic E-state index is 9.21. The van der Waals surface area contributed by atoms with E-state index >= 15 is 0 Å². The van der Waals surface area contributed by atoms with Gasteiger partial charge in [-0.25, -0.2) is 4.68 Å². The smallest absolute Gasteiger partial charge is 0.216 e. The van der Waals surface area contributed by atoms with Gasteiger partial charge in [0.15, 0.2) is 0 Å². The summed E-state index contributed by atoms with van der Waals surface area (Å²) in [5, 5.41) is 16.8. The van der Waals surface area contributed by atoms with Gasteiger partial charge in [-0.15, -0.1) is 0 Å². The number of benzene rings is 1. The number of hydrogen-bond donors (Lipinski definition) is 2. The molecule has 2 N–H and O–H groups in total. The summed E-state index contributed by atoms with van der Waals surface area (Å²) in [4.78, 5) is 0. The van der Waals surface area contributed by atoms with Crippen LogP contribution in [0.15, 0.2) is 24.3 Å². The number of nitrogens with one attached hydrogen (secondary N) is 1. The van der Waals surface area contributed by atoms with Crippen LogP contribution in [0.2, 0.25) is 0 Å². The van der Waals surface area contributed by atoms with Crippen LogP contribution >= 0.6 is 0 Å². The molecular formula is C13H17N3O2. The van der Waals surface area contributed by atoms with Crippen molar-refractivity contribution in [2.24, 2.45) is 7.05 Å². The van der Waals surface area contributed by atoms with Crippen molar-refractivity contribution >= 4 is 5.69 Å². The van der Waals surface area contributed by atoms with E-state index in [0.29, 0.717) is 6.54 Å². The minimum absolute atomic E-state index is 0.260. The first-order chi connectivity index (χ1) is 8.61. The van der Waals surface area contributed by atoms with Gasteiger partial charge in [-0.05, 0) is 31.2 Å². The highest BCUT2D eigenvalue weighted by molar-refractivity contribution is 5.47. The Labute approximate surface area is 106 Å². The van der Waals surface area contributed by atoms with Crippen molar-refractivity contribution in [1.82, 2.24) is 9.78 Å². The molecule has 2 aromatic rings. The molecule has 0 amide bonds. The van der Waals surface area contributed by atoms with Gasteiger partial charge < -0.3 is 15.2 Å². The summed E-state index contributed by atoms with van der Waals surface area (Å²) in [7, 11) is 3.50. The van der Waals surface area contributed by atoms with Crippen molar-refractivity contribution < 1.29 is 9.84 Å². The second kappa shape index (κ2) is 5.00. The number of hydrogen-bond acceptors (Lipinski definition) is 4. The SMILES string of the molecule is COc1c(CNc2ccc(O)cc2)c(C)nn1C. The molecule has 18 heavy (non-hydrogen) atoms. The topological polar surface area (TPSA) is 59.3 Å². The van der Waals surface area contributed by atoms with Gasteiger partial charge in [-0.3, -0.25) is 0 Å². The number of aromatic nitrogens is 2. The zero-order valence-corrected chi connectivity index (χ0v) is 10.8. The van der Waals surface area contributed by atoms with E-state index < -0.39 is 0 Å². The minimum atomic E-state index is 0.260. The first-order valence-corrected chi connectivity index (χ1v) is 5.71. The highest BCUT2D eigenvalue weighted by Gasteiger charge is 2.13. The normalized spacial score (nSPS) is 10.4. The molecule has 0 fully saturated rings. The van der Waals surface area contributed by atoms with Crippen molar-refractivity contribution in [2.45, 2.75) is 13.5 Å². The van der Waals surface area contributed by atoms with E-state index in [9.17, 15) is 5.11 Å². The fraction of sp³-hybridized carbons (Fsp3) is 0.308. The molecule has 0 atom stereocenters. The molecule has 0 aliphatic rings. The Hall–Kier alpha value is -2.17. The van der Waals surface area contributed by atoms with E-state index in [2.05, 4.69) is 10.4 Å². The summed E-state index contributed by atoms with van der Waals surface area (Å²) in [6, 6.07) is 6.95. The summed E-state index contributed by atoms with van der Waals surface area (Å²) in [6.07, 6.45) is 0. The average molecular weight is 247 g/mol. The first kappa shape index (κ1) is 12.3. The molecule has 0 saturated carbocycles. The number of phenols is 1. The van der Waals surface area contributed by atoms with E-state index in [-0.39, 0.29) is 5.75 Å². The van der Waals surface area contributed by atoms with Gasteiger partial charge in [0.25, 0.3) is 0 Å². The molecule has 2 rings (SSSR count). The Morgan fingerprint density at radius 3 is 2.61 bits per heavy atom. The molecule has 0 bridgehead atoms. The van der Waals surface area contributed by atoms with Crippen molar-refractivity contribution in [3.8, 4) is 11.6 Å². The molecule has 0 radical (unpaired) electrons. The largest absolute Gasteiger partial charge is 0.508 e. The lowest BCUT2D eigenvalue weighted by molar-refractivity contribution is 0.370. The number of aryl methyl sites for hydroxylation is 2. The summed E-state index contributed by atoms with van der Waals surface area (Å²) in [5.74, 6) is 1.02. The third-order valence-electron chi connectivity index (χ3n) is 2.82. The first-order valence-electron chi connectivity index (χ1n) is 5.71. The summed E-state index contributed by atoms with van der Waals surface area (Å²) in [5.41, 5.74) is 2.92. The van der Waals surface area contributed by atoms with Crippen LogP contribution in [0.1, 0.15) is 11.3 Å². The van der Waals surface area contributed by atoms with Gasteiger partial charge in [0.1, 0.15) is 5.75 Å². The second-order valence-electron chi connectivity index (χ2n) is 4.10. The molecule has 96 valence electrons. The number of aromatic hydroxyl groups is 1. The van der Waals surface area contributed by atoms with Crippen molar-refractivity contribution in [2.75, 3.05) is 12.4 Å². The molecular weight excluding hydrogens is 230 g/mol. The van der Waals surface area contributed by atoms with E-state index in [4.69, 9.17) is 4.74 Å². The Balaban J connectivity index is 2.12. The molecule has 1 aromatic heterocycles. The Morgan fingerprint density at radius 2 is 2.00 bits per heavy atom. The van der Waals surface area contributed by atoms with Crippen LogP contribution in [0.4, 0.5) is 5.69 Å². The van der Waals surface area contributed by atoms with E-state index in [1.807, 2.05) is 26.1 Å². The quantitative estimate of drug-likeness (QED) is 0.812. The van der Waals surface area contributed by atoms with Crippen LogP contribution in [0, 0.1) is 6.92 Å². The van der Waals surface area contributed by atoms with Crippen molar-refractivity contribution in [3.05, 3.63) is 35.5 Å². The van der Waals surface area contributed by atoms with Crippen LogP contribution in [0.5, 0.6) is 11.6 Å². The van der Waals surface area contributed by atoms with Gasteiger partial charge >= 0.3 is 0 Å². The second-order valence-corrected chi connectivity index (χ2v) is 4.10. The molecule has 1 aromatic carbocycles. The molecule has 0 aliphatic heterocycles. The lowest BCUT2D eigenvalue weighted by Crippen LogP contribution is -2.02. The summed E-state index contributed by atoms with van der Waals surface area (Å²) < 4.78 is 7.05. The third kappa shape index (κ3) is 2.40. The number of anilines is 1. The zero-order chi connectivity index (χ0) is 13.1. The van der Waals surface area contributed by atoms with Crippen LogP contribution in [0.3, 0.4) is 0 Å². The van der Waals surface area contributed by atoms with E-state index in [0.717, 1.165) is 22.8 Å². The molecule has 5 heteroatoms. The standard InChI is InChI=1S/C13H17N3O2/c1-9-12(13(18-3)16(2)15-9)8-14-10-4-6-11(17)7-5-10/h4-7,14,17H,8H2,1-3H3. The van der Waals surface area contributed by atoms with Crippen LogP contribution in [0.25, 0.3) is 0 Å². The predicted molar refractivity (Wildman–Crippen MR) is 69.9 cm³/mol. The lowest BCUT2D eigenvalue weighted by Gasteiger charge is -2.08. The Morgan fingerprint density at radius 1 is 1.33 bits per heavy atom. The van der Waals surface area contributed by atoms with Gasteiger partial charge in [-0.1, -0.05) is 0 Å². The summed E-state index contributed by atoms with van der Waals surface area (Å²) >= 11 is 0. The fourth-order valence-electron chi connectivity index (χ4n) is 1.91. The maximum Gasteiger partial charge on any atom is 0.216 e. The van der Waals surface area contributed by atoms with Crippen LogP contribution in [-0.2, 0) is 13.6 Å². The van der Waals surface area contributed by atoms with E-state index in [1.54, 1.807) is 23.9 Å². The average Bonchev–Trinajstić information content (AvgIpc) is 2.62. The number of phenolic OH excluding ortho intramolecular Hbond substituents is 1. The Kier molecular flexibility index (Phi) is 3.41. The fourth-order valence-corrected chi connectivity index (χ4v) is 1.91. The molecule has 0 unspecified atom stereocenters. The zero-order valence-electron chi connectivity index (χ0n) is 10.8. The van der Waals surface area contributed by atoms with Crippen molar-refractivity contribution in [3.63, 3.8) is 0 Å². The maximum atomic E-state index is 9.21. The highest BCUT2D eigenvalue weighted by Crippen LogP contribution is 2.22. The molecule has 0 spiro atoms. The molecule has 5 nitrogen and oxygen atoms in total. The number of nitrogens with zero attached hydrogens (tertiary/aromatic N) is 2. The summed E-state index contributed by atoms with van der Waals surface area (Å²) in [6.45, 7) is 2.59. The van der Waals surface area contributed by atoms with E-state index in [1.165, 1.54) is 0 Å². The van der Waals surface area contributed by atoms with Crippen molar-refractivity contribution in [1.29, 1.82) is 0 Å². The van der Waals surface area contributed by atoms with Crippen LogP contribution < -0.4 is 10.1 Å². The van der Waals surface area contributed by atoms with Gasteiger partial charge in [0.05, 0.1) is 18.4 Å². The monoisotopic (exact) mass is 247 g/mol. The minimum Gasteiger partial charge on any atom is -0.508 e. The third-order valence-corrected chi connectivity index (χ3v) is 2.82. The highest BCUT2D eigenvalue weighted by atomic mass is 16.5. The van der Waals surface area contributed by atoms with Crippen LogP contribution in [-0.4, -0.2) is 22.0 Å². The lowest BCUT2D eigenvalue weighted by atomic mass is 10.2. The number of ether oxygens (including phenoxy) is 1. The predicted octanol–water partition coefficient (Wildman–Crippen LogP) is 2.05. The Bertz CT molecular complexity index is 532. The van der Waals surface area contributed by atoms with Gasteiger partial charge in [0, 0.05) is 19.3 Å².